The maximum absolute atomic E-state index is 13.0. The van der Waals surface area contributed by atoms with E-state index in [9.17, 15) is 26.4 Å². The molecule has 12 heteroatoms. The standard InChI is InChI=1S/C19H18Cl2F3N3O3S/c20-13-1-4-15(5-2-13)31(29,30)27-9-7-26(8-10-27)12-18(28)25-14-3-6-17(21)16(11-14)19(22,23)24/h1-6,11H,7-10,12H2,(H,25,28)/p+1. The molecule has 1 aliphatic rings. The normalized spacial score (nSPS) is 16.3. The number of halogens is 5. The second-order valence-corrected chi connectivity index (χ2v) is 9.81. The molecule has 0 saturated carbocycles. The van der Waals surface area contributed by atoms with Crippen LogP contribution in [0.3, 0.4) is 0 Å². The fourth-order valence-corrected chi connectivity index (χ4v) is 5.02. The molecule has 1 fully saturated rings. The van der Waals surface area contributed by atoms with E-state index < -0.39 is 32.7 Å². The summed E-state index contributed by atoms with van der Waals surface area (Å²) in [7, 11) is -3.66. The summed E-state index contributed by atoms with van der Waals surface area (Å²) in [6.45, 7) is 1.20. The lowest BCUT2D eigenvalue weighted by atomic mass is 10.2. The molecule has 0 aromatic heterocycles. The predicted octanol–water partition coefficient (Wildman–Crippen LogP) is 2.54. The molecule has 2 aromatic rings. The summed E-state index contributed by atoms with van der Waals surface area (Å²) in [5.74, 6) is -0.473. The Hall–Kier alpha value is -1.85. The highest BCUT2D eigenvalue weighted by atomic mass is 35.5. The number of benzene rings is 2. The van der Waals surface area contributed by atoms with Gasteiger partial charge in [0, 0.05) is 10.7 Å². The van der Waals surface area contributed by atoms with Crippen LogP contribution in [0.15, 0.2) is 47.4 Å². The Morgan fingerprint density at radius 1 is 1.06 bits per heavy atom. The van der Waals surface area contributed by atoms with Gasteiger partial charge >= 0.3 is 6.18 Å². The molecule has 1 saturated heterocycles. The van der Waals surface area contributed by atoms with Gasteiger partial charge in [-0.05, 0) is 42.5 Å². The fraction of sp³-hybridized carbons (Fsp3) is 0.316. The number of sulfonamides is 1. The number of nitrogens with one attached hydrogen (secondary N) is 2. The highest BCUT2D eigenvalue weighted by molar-refractivity contribution is 7.89. The first-order valence-corrected chi connectivity index (χ1v) is 11.4. The van der Waals surface area contributed by atoms with E-state index in [0.717, 1.165) is 17.0 Å². The molecule has 0 bridgehead atoms. The van der Waals surface area contributed by atoms with Crippen molar-refractivity contribution in [3.8, 4) is 0 Å². The van der Waals surface area contributed by atoms with E-state index >= 15 is 0 Å². The van der Waals surface area contributed by atoms with Gasteiger partial charge in [0.25, 0.3) is 5.91 Å². The van der Waals surface area contributed by atoms with Crippen molar-refractivity contribution in [1.82, 2.24) is 4.31 Å². The smallest absolute Gasteiger partial charge is 0.325 e. The van der Waals surface area contributed by atoms with Crippen molar-refractivity contribution < 1.29 is 31.3 Å². The van der Waals surface area contributed by atoms with E-state index in [1.54, 1.807) is 0 Å². The van der Waals surface area contributed by atoms with Gasteiger partial charge in [0.1, 0.15) is 0 Å². The van der Waals surface area contributed by atoms with Gasteiger partial charge in [-0.25, -0.2) is 8.42 Å². The van der Waals surface area contributed by atoms with Gasteiger partial charge in [-0.15, -0.1) is 0 Å². The maximum Gasteiger partial charge on any atom is 0.417 e. The molecule has 1 aliphatic heterocycles. The summed E-state index contributed by atoms with van der Waals surface area (Å²) in [5, 5.41) is 2.42. The summed E-state index contributed by atoms with van der Waals surface area (Å²) >= 11 is 11.4. The van der Waals surface area contributed by atoms with Crippen LogP contribution >= 0.6 is 23.2 Å². The average Bonchev–Trinajstić information content (AvgIpc) is 2.69. The van der Waals surface area contributed by atoms with Crippen LogP contribution in [0.4, 0.5) is 18.9 Å². The fourth-order valence-electron chi connectivity index (χ4n) is 3.23. The molecule has 1 amide bonds. The van der Waals surface area contributed by atoms with Crippen molar-refractivity contribution in [1.29, 1.82) is 0 Å². The molecule has 2 N–H and O–H groups in total. The predicted molar refractivity (Wildman–Crippen MR) is 111 cm³/mol. The van der Waals surface area contributed by atoms with Gasteiger partial charge in [0.15, 0.2) is 6.54 Å². The lowest BCUT2D eigenvalue weighted by Gasteiger charge is -2.31. The molecule has 3 rings (SSSR count). The molecule has 31 heavy (non-hydrogen) atoms. The molecule has 6 nitrogen and oxygen atoms in total. The van der Waals surface area contributed by atoms with Crippen LogP contribution in [0.2, 0.25) is 10.0 Å². The molecule has 0 unspecified atom stereocenters. The summed E-state index contributed by atoms with van der Waals surface area (Å²) in [4.78, 5) is 13.2. The minimum absolute atomic E-state index is 0.00118. The van der Waals surface area contributed by atoms with Crippen molar-refractivity contribution in [2.75, 3.05) is 38.0 Å². The molecule has 0 atom stereocenters. The summed E-state index contributed by atoms with van der Waals surface area (Å²) < 4.78 is 65.6. The lowest BCUT2D eigenvalue weighted by molar-refractivity contribution is -0.895. The second-order valence-electron chi connectivity index (χ2n) is 7.03. The number of amides is 1. The number of hydrogen-bond donors (Lipinski definition) is 2. The molecule has 2 aromatic carbocycles. The van der Waals surface area contributed by atoms with Gasteiger partial charge in [0.2, 0.25) is 10.0 Å². The van der Waals surface area contributed by atoms with Gasteiger partial charge in [-0.1, -0.05) is 23.2 Å². The quantitative estimate of drug-likeness (QED) is 0.668. The second kappa shape index (κ2) is 9.33. The molecular weight excluding hydrogens is 478 g/mol. The van der Waals surface area contributed by atoms with Gasteiger partial charge in [-0.2, -0.15) is 17.5 Å². The summed E-state index contributed by atoms with van der Waals surface area (Å²) in [6, 6.07) is 9.03. The number of nitrogens with zero attached hydrogens (tertiary/aromatic N) is 1. The zero-order valence-electron chi connectivity index (χ0n) is 16.0. The van der Waals surface area contributed by atoms with Gasteiger partial charge in [-0.3, -0.25) is 4.79 Å². The Morgan fingerprint density at radius 2 is 1.68 bits per heavy atom. The number of piperazine rings is 1. The summed E-state index contributed by atoms with van der Waals surface area (Å²) in [5.41, 5.74) is -1.04. The number of carbonyl (C=O) groups is 1. The van der Waals surface area contributed by atoms with Crippen molar-refractivity contribution in [2.24, 2.45) is 0 Å². The monoisotopic (exact) mass is 496 g/mol. The Kier molecular flexibility index (Phi) is 7.17. The summed E-state index contributed by atoms with van der Waals surface area (Å²) in [6.07, 6.45) is -4.63. The van der Waals surface area contributed by atoms with E-state index in [1.165, 1.54) is 34.6 Å². The number of carbonyl (C=O) groups excluding carboxylic acids is 1. The number of alkyl halides is 3. The largest absolute Gasteiger partial charge is 0.417 e. The average molecular weight is 497 g/mol. The molecular formula is C19H19Cl2F3N3O3S+. The Labute approximate surface area is 187 Å². The number of quaternary nitrogens is 1. The topological polar surface area (TPSA) is 70.9 Å². The highest BCUT2D eigenvalue weighted by Crippen LogP contribution is 2.36. The van der Waals surface area contributed by atoms with Crippen LogP contribution in [-0.4, -0.2) is 51.4 Å². The zero-order chi connectivity index (χ0) is 22.8. The van der Waals surface area contributed by atoms with Crippen molar-refractivity contribution in [3.05, 3.63) is 58.1 Å². The minimum Gasteiger partial charge on any atom is -0.325 e. The first kappa shape index (κ1) is 23.8. The molecule has 0 spiro atoms. The van der Waals surface area contributed by atoms with Crippen LogP contribution in [-0.2, 0) is 21.0 Å². The minimum atomic E-state index is -4.63. The van der Waals surface area contributed by atoms with Crippen LogP contribution in [0.5, 0.6) is 0 Å². The van der Waals surface area contributed by atoms with E-state index in [2.05, 4.69) is 5.32 Å². The van der Waals surface area contributed by atoms with E-state index in [-0.39, 0.29) is 30.2 Å². The van der Waals surface area contributed by atoms with Crippen molar-refractivity contribution in [3.63, 3.8) is 0 Å². The first-order chi connectivity index (χ1) is 14.5. The Morgan fingerprint density at radius 3 is 2.26 bits per heavy atom. The molecule has 168 valence electrons. The SMILES string of the molecule is O=C(C[NH+]1CCN(S(=O)(=O)c2ccc(Cl)cc2)CC1)Nc1ccc(Cl)c(C(F)(F)F)c1. The first-order valence-electron chi connectivity index (χ1n) is 9.23. The van der Waals surface area contributed by atoms with Crippen molar-refractivity contribution >= 4 is 44.8 Å². The van der Waals surface area contributed by atoms with Gasteiger partial charge in [0.05, 0.1) is 41.7 Å². The van der Waals surface area contributed by atoms with Gasteiger partial charge < -0.3 is 10.2 Å². The van der Waals surface area contributed by atoms with E-state index in [1.807, 2.05) is 0 Å². The third kappa shape index (κ3) is 5.89. The molecule has 1 heterocycles. The van der Waals surface area contributed by atoms with E-state index in [0.29, 0.717) is 18.1 Å². The highest BCUT2D eigenvalue weighted by Gasteiger charge is 2.34. The molecule has 0 radical (unpaired) electrons. The lowest BCUT2D eigenvalue weighted by Crippen LogP contribution is -3.15. The maximum atomic E-state index is 13.0. The number of hydrogen-bond acceptors (Lipinski definition) is 3. The van der Waals surface area contributed by atoms with Crippen LogP contribution in [0.25, 0.3) is 0 Å². The molecule has 0 aliphatic carbocycles. The van der Waals surface area contributed by atoms with Crippen LogP contribution < -0.4 is 10.2 Å². The Bertz CT molecular complexity index is 1060. The Balaban J connectivity index is 1.56. The van der Waals surface area contributed by atoms with Crippen LogP contribution in [0, 0.1) is 0 Å². The number of rotatable bonds is 5. The third-order valence-corrected chi connectivity index (χ3v) is 7.34. The van der Waals surface area contributed by atoms with Crippen LogP contribution in [0.1, 0.15) is 5.56 Å². The van der Waals surface area contributed by atoms with E-state index in [4.69, 9.17) is 23.2 Å². The number of anilines is 1. The third-order valence-electron chi connectivity index (χ3n) is 4.85. The van der Waals surface area contributed by atoms with Crippen molar-refractivity contribution in [2.45, 2.75) is 11.1 Å². The zero-order valence-corrected chi connectivity index (χ0v) is 18.4.